The minimum absolute atomic E-state index is 0.0662. The number of hydrogen-bond donors (Lipinski definition) is 2. The van der Waals surface area contributed by atoms with Gasteiger partial charge in [0.05, 0.1) is 12.6 Å². The van der Waals surface area contributed by atoms with Gasteiger partial charge in [-0.1, -0.05) is 19.9 Å². The van der Waals surface area contributed by atoms with Gasteiger partial charge in [-0.05, 0) is 24.5 Å². The summed E-state index contributed by atoms with van der Waals surface area (Å²) >= 11 is 0. The first-order valence-corrected chi connectivity index (χ1v) is 9.06. The van der Waals surface area contributed by atoms with Crippen LogP contribution in [-0.4, -0.2) is 47.7 Å². The SMILES string of the molecule is CC(C)C(NC(=O)OCCc1ccccn1)C(=O)CC1CCNC(=O)C1=O. The Kier molecular flexibility index (Phi) is 7.45. The van der Waals surface area contributed by atoms with Gasteiger partial charge in [-0.2, -0.15) is 0 Å². The molecule has 2 amide bonds. The lowest BCUT2D eigenvalue weighted by atomic mass is 9.87. The average molecular weight is 375 g/mol. The molecule has 0 saturated carbocycles. The molecule has 0 spiro atoms. The molecular formula is C19H25N3O5. The lowest BCUT2D eigenvalue weighted by molar-refractivity contribution is -0.143. The summed E-state index contributed by atoms with van der Waals surface area (Å²) in [5.74, 6) is -2.31. The Bertz CT molecular complexity index is 690. The molecule has 0 radical (unpaired) electrons. The molecule has 146 valence electrons. The van der Waals surface area contributed by atoms with Crippen LogP contribution in [0.3, 0.4) is 0 Å². The molecule has 0 aliphatic carbocycles. The second kappa shape index (κ2) is 9.80. The van der Waals surface area contributed by atoms with E-state index in [-0.39, 0.29) is 24.7 Å². The molecule has 1 aliphatic rings. The third-order valence-electron chi connectivity index (χ3n) is 4.42. The molecule has 8 nitrogen and oxygen atoms in total. The van der Waals surface area contributed by atoms with Gasteiger partial charge in [0, 0.05) is 37.2 Å². The zero-order valence-corrected chi connectivity index (χ0v) is 15.6. The van der Waals surface area contributed by atoms with Crippen LogP contribution >= 0.6 is 0 Å². The number of aromatic nitrogens is 1. The monoisotopic (exact) mass is 375 g/mol. The van der Waals surface area contributed by atoms with Crippen molar-refractivity contribution in [3.05, 3.63) is 30.1 Å². The summed E-state index contributed by atoms with van der Waals surface area (Å²) in [5.41, 5.74) is 0.802. The highest BCUT2D eigenvalue weighted by Gasteiger charge is 2.34. The third-order valence-corrected chi connectivity index (χ3v) is 4.42. The van der Waals surface area contributed by atoms with Gasteiger partial charge in [-0.25, -0.2) is 4.79 Å². The molecular weight excluding hydrogens is 350 g/mol. The van der Waals surface area contributed by atoms with Crippen molar-refractivity contribution in [2.45, 2.75) is 39.2 Å². The van der Waals surface area contributed by atoms with E-state index in [2.05, 4.69) is 15.6 Å². The number of alkyl carbamates (subject to hydrolysis) is 1. The second-order valence-corrected chi connectivity index (χ2v) is 6.85. The lowest BCUT2D eigenvalue weighted by Gasteiger charge is -2.25. The van der Waals surface area contributed by atoms with Crippen molar-refractivity contribution in [3.63, 3.8) is 0 Å². The number of carbonyl (C=O) groups is 4. The van der Waals surface area contributed by atoms with E-state index in [0.717, 1.165) is 5.69 Å². The number of Topliss-reactive ketones (excluding diaryl/α,β-unsaturated/α-hetero) is 2. The van der Waals surface area contributed by atoms with Crippen molar-refractivity contribution >= 4 is 23.6 Å². The number of ether oxygens (including phenoxy) is 1. The number of hydrogen-bond acceptors (Lipinski definition) is 6. The Morgan fingerprint density at radius 1 is 1.33 bits per heavy atom. The van der Waals surface area contributed by atoms with Crippen LogP contribution < -0.4 is 10.6 Å². The second-order valence-electron chi connectivity index (χ2n) is 6.85. The molecule has 8 heteroatoms. The summed E-state index contributed by atoms with van der Waals surface area (Å²) in [4.78, 5) is 52.0. The zero-order chi connectivity index (χ0) is 19.8. The Morgan fingerprint density at radius 2 is 2.11 bits per heavy atom. The first-order valence-electron chi connectivity index (χ1n) is 9.06. The molecule has 2 atom stereocenters. The van der Waals surface area contributed by atoms with Crippen LogP contribution in [-0.2, 0) is 25.5 Å². The van der Waals surface area contributed by atoms with Gasteiger partial charge in [0.2, 0.25) is 5.78 Å². The minimum atomic E-state index is -0.773. The first-order chi connectivity index (χ1) is 12.9. The fourth-order valence-electron chi connectivity index (χ4n) is 2.91. The number of piperidine rings is 1. The summed E-state index contributed by atoms with van der Waals surface area (Å²) in [6.45, 7) is 4.11. The fraction of sp³-hybridized carbons (Fsp3) is 0.526. The quantitative estimate of drug-likeness (QED) is 0.656. The molecule has 2 heterocycles. The molecule has 2 rings (SSSR count). The molecule has 0 aromatic carbocycles. The van der Waals surface area contributed by atoms with E-state index in [1.165, 1.54) is 0 Å². The van der Waals surface area contributed by atoms with Crippen LogP contribution in [0.4, 0.5) is 4.79 Å². The number of ketones is 2. The van der Waals surface area contributed by atoms with Crippen molar-refractivity contribution in [2.24, 2.45) is 11.8 Å². The molecule has 27 heavy (non-hydrogen) atoms. The van der Waals surface area contributed by atoms with Crippen molar-refractivity contribution in [1.82, 2.24) is 15.6 Å². The predicted molar refractivity (Wildman–Crippen MR) is 96.8 cm³/mol. The molecule has 2 unspecified atom stereocenters. The van der Waals surface area contributed by atoms with Gasteiger partial charge < -0.3 is 15.4 Å². The van der Waals surface area contributed by atoms with Crippen LogP contribution in [0.25, 0.3) is 0 Å². The van der Waals surface area contributed by atoms with E-state index in [4.69, 9.17) is 4.74 Å². The number of nitrogens with zero attached hydrogens (tertiary/aromatic N) is 1. The fourth-order valence-corrected chi connectivity index (χ4v) is 2.91. The van der Waals surface area contributed by atoms with E-state index < -0.39 is 29.7 Å². The van der Waals surface area contributed by atoms with Crippen LogP contribution in [0.2, 0.25) is 0 Å². The molecule has 0 bridgehead atoms. The number of pyridine rings is 1. The van der Waals surface area contributed by atoms with Crippen LogP contribution in [0.15, 0.2) is 24.4 Å². The molecule has 1 aromatic rings. The van der Waals surface area contributed by atoms with E-state index >= 15 is 0 Å². The molecule has 1 aromatic heterocycles. The van der Waals surface area contributed by atoms with E-state index in [1.54, 1.807) is 26.1 Å². The van der Waals surface area contributed by atoms with Gasteiger partial charge in [0.15, 0.2) is 5.78 Å². The maximum absolute atomic E-state index is 12.6. The van der Waals surface area contributed by atoms with E-state index in [1.807, 2.05) is 12.1 Å². The summed E-state index contributed by atoms with van der Waals surface area (Å²) < 4.78 is 5.13. The largest absolute Gasteiger partial charge is 0.449 e. The highest BCUT2D eigenvalue weighted by atomic mass is 16.5. The normalized spacial score (nSPS) is 18.0. The predicted octanol–water partition coefficient (Wildman–Crippen LogP) is 1.04. The summed E-state index contributed by atoms with van der Waals surface area (Å²) in [6, 6.07) is 4.71. The topological polar surface area (TPSA) is 114 Å². The Hall–Kier alpha value is -2.77. The zero-order valence-electron chi connectivity index (χ0n) is 15.6. The van der Waals surface area contributed by atoms with E-state index in [9.17, 15) is 19.2 Å². The smallest absolute Gasteiger partial charge is 0.407 e. The van der Waals surface area contributed by atoms with Gasteiger partial charge in [0.25, 0.3) is 5.91 Å². The maximum Gasteiger partial charge on any atom is 0.407 e. The Labute approximate surface area is 158 Å². The van der Waals surface area contributed by atoms with Gasteiger partial charge in [0.1, 0.15) is 0 Å². The number of carbonyl (C=O) groups excluding carboxylic acids is 4. The maximum atomic E-state index is 12.6. The summed E-state index contributed by atoms with van der Waals surface area (Å²) in [6.07, 6.45) is 1.81. The van der Waals surface area contributed by atoms with E-state index in [0.29, 0.717) is 19.4 Å². The molecule has 1 aliphatic heterocycles. The van der Waals surface area contributed by atoms with Crippen LogP contribution in [0.1, 0.15) is 32.4 Å². The number of rotatable bonds is 8. The summed E-state index contributed by atoms with van der Waals surface area (Å²) in [5, 5.41) is 5.04. The standard InChI is InChI=1S/C19H25N3O5/c1-12(2)16(15(23)11-13-6-9-21-18(25)17(13)24)22-19(26)27-10-7-14-5-3-4-8-20-14/h3-5,8,12-13,16H,6-7,9-11H2,1-2H3,(H,21,25)(H,22,26). The van der Waals surface area contributed by atoms with Crippen LogP contribution in [0, 0.1) is 11.8 Å². The highest BCUT2D eigenvalue weighted by Crippen LogP contribution is 2.17. The van der Waals surface area contributed by atoms with Crippen LogP contribution in [0.5, 0.6) is 0 Å². The number of nitrogens with one attached hydrogen (secondary N) is 2. The third kappa shape index (κ3) is 6.16. The summed E-state index contributed by atoms with van der Waals surface area (Å²) in [7, 11) is 0. The lowest BCUT2D eigenvalue weighted by Crippen LogP contribution is -2.48. The van der Waals surface area contributed by atoms with Crippen molar-refractivity contribution in [1.29, 1.82) is 0 Å². The van der Waals surface area contributed by atoms with Crippen molar-refractivity contribution in [2.75, 3.05) is 13.2 Å². The van der Waals surface area contributed by atoms with Crippen molar-refractivity contribution in [3.8, 4) is 0 Å². The van der Waals surface area contributed by atoms with Crippen molar-refractivity contribution < 1.29 is 23.9 Å². The molecule has 1 fully saturated rings. The van der Waals surface area contributed by atoms with Gasteiger partial charge in [-0.3, -0.25) is 19.4 Å². The Balaban J connectivity index is 1.84. The average Bonchev–Trinajstić information content (AvgIpc) is 2.64. The Morgan fingerprint density at radius 3 is 2.78 bits per heavy atom. The van der Waals surface area contributed by atoms with Gasteiger partial charge >= 0.3 is 6.09 Å². The molecule has 2 N–H and O–H groups in total. The minimum Gasteiger partial charge on any atom is -0.449 e. The first kappa shape index (κ1) is 20.5. The molecule has 1 saturated heterocycles. The van der Waals surface area contributed by atoms with Gasteiger partial charge in [-0.15, -0.1) is 0 Å². The number of amides is 2. The highest BCUT2D eigenvalue weighted by molar-refractivity contribution is 6.37.